The molecule has 2 heterocycles. The van der Waals surface area contributed by atoms with Crippen molar-refractivity contribution in [1.29, 1.82) is 0 Å². The highest BCUT2D eigenvalue weighted by molar-refractivity contribution is 7.25. The van der Waals surface area contributed by atoms with Crippen LogP contribution in [-0.4, -0.2) is 0 Å². The molecule has 0 atom stereocenters. The van der Waals surface area contributed by atoms with Gasteiger partial charge in [-0.15, -0.1) is 11.3 Å². The molecule has 230 valence electrons. The fourth-order valence-corrected chi connectivity index (χ4v) is 8.41. The Hall–Kier alpha value is -6.16. The van der Waals surface area contributed by atoms with Crippen molar-refractivity contribution in [3.63, 3.8) is 0 Å². The summed E-state index contributed by atoms with van der Waals surface area (Å²) >= 11 is 1.85. The Morgan fingerprint density at radius 1 is 0.388 bits per heavy atom. The Labute approximate surface area is 287 Å². The van der Waals surface area contributed by atoms with Gasteiger partial charge >= 0.3 is 0 Å². The molecule has 0 unspecified atom stereocenters. The molecule has 0 amide bonds. The Morgan fingerprint density at radius 2 is 1.04 bits per heavy atom. The summed E-state index contributed by atoms with van der Waals surface area (Å²) in [5.41, 5.74) is 9.88. The van der Waals surface area contributed by atoms with Crippen LogP contribution in [0.25, 0.3) is 75.1 Å². The van der Waals surface area contributed by atoms with Crippen molar-refractivity contribution in [2.75, 3.05) is 4.90 Å². The SMILES string of the molecule is c1cc(-c2ccc(N(c3ccc4c(c3)sc3ccccc34)c3cccc4oc5ccccc5c34)cc2)cc(-c2ccc3ccccc3c2)c1. The molecule has 0 N–H and O–H groups in total. The number of thiophene rings is 1. The van der Waals surface area contributed by atoms with Gasteiger partial charge in [0.25, 0.3) is 0 Å². The third-order valence-corrected chi connectivity index (χ3v) is 10.8. The molecule has 8 aromatic carbocycles. The summed E-state index contributed by atoms with van der Waals surface area (Å²) < 4.78 is 8.93. The van der Waals surface area contributed by atoms with Crippen LogP contribution in [0.4, 0.5) is 17.1 Å². The molecule has 10 rings (SSSR count). The summed E-state index contributed by atoms with van der Waals surface area (Å²) in [6, 6.07) is 63.3. The Balaban J connectivity index is 1.11. The maximum absolute atomic E-state index is 6.35. The van der Waals surface area contributed by atoms with Crippen LogP contribution in [0, 0.1) is 0 Å². The smallest absolute Gasteiger partial charge is 0.137 e. The zero-order valence-electron chi connectivity index (χ0n) is 26.5. The quantitative estimate of drug-likeness (QED) is 0.186. The molecule has 0 radical (unpaired) electrons. The number of hydrogen-bond donors (Lipinski definition) is 0. The Morgan fingerprint density at radius 3 is 1.94 bits per heavy atom. The number of nitrogens with zero attached hydrogens (tertiary/aromatic N) is 1. The van der Waals surface area contributed by atoms with Crippen LogP contribution >= 0.6 is 11.3 Å². The first kappa shape index (κ1) is 27.9. The van der Waals surface area contributed by atoms with Gasteiger partial charge in [-0.3, -0.25) is 0 Å². The van der Waals surface area contributed by atoms with Crippen molar-refractivity contribution in [3.05, 3.63) is 176 Å². The second-order valence-electron chi connectivity index (χ2n) is 12.6. The van der Waals surface area contributed by atoms with Gasteiger partial charge in [-0.05, 0) is 93.7 Å². The molecule has 0 spiro atoms. The van der Waals surface area contributed by atoms with Crippen molar-refractivity contribution < 1.29 is 4.42 Å². The fourth-order valence-electron chi connectivity index (χ4n) is 7.27. The zero-order valence-corrected chi connectivity index (χ0v) is 27.3. The third kappa shape index (κ3) is 4.70. The fraction of sp³-hybridized carbons (Fsp3) is 0. The van der Waals surface area contributed by atoms with E-state index in [0.717, 1.165) is 39.0 Å². The minimum absolute atomic E-state index is 0.883. The topological polar surface area (TPSA) is 16.4 Å². The van der Waals surface area contributed by atoms with E-state index in [4.69, 9.17) is 4.42 Å². The summed E-state index contributed by atoms with van der Waals surface area (Å²) in [5, 5.41) is 7.33. The molecule has 0 aliphatic carbocycles. The number of para-hydroxylation sites is 1. The third-order valence-electron chi connectivity index (χ3n) is 9.65. The lowest BCUT2D eigenvalue weighted by Gasteiger charge is -2.26. The van der Waals surface area contributed by atoms with Crippen molar-refractivity contribution in [2.24, 2.45) is 0 Å². The van der Waals surface area contributed by atoms with Crippen LogP contribution in [0.1, 0.15) is 0 Å². The van der Waals surface area contributed by atoms with Gasteiger partial charge in [-0.2, -0.15) is 0 Å². The van der Waals surface area contributed by atoms with Crippen LogP contribution < -0.4 is 4.90 Å². The molecule has 49 heavy (non-hydrogen) atoms. The molecule has 3 heteroatoms. The lowest BCUT2D eigenvalue weighted by molar-refractivity contribution is 0.669. The standard InChI is InChI=1S/C46H29NOS/c1-2-10-32-28-35(20-19-30(32)9-1)34-12-7-11-33(27-34)31-21-23-36(24-22-31)47(37-25-26-39-38-13-4-6-18-44(38)49-45(39)29-37)41-15-8-17-43-46(41)40-14-3-5-16-42(40)48-43/h1-29H. The van der Waals surface area contributed by atoms with E-state index in [1.807, 2.05) is 23.5 Å². The van der Waals surface area contributed by atoms with Gasteiger partial charge in [0.2, 0.25) is 0 Å². The predicted octanol–water partition coefficient (Wildman–Crippen LogP) is 13.9. The first-order valence-corrected chi connectivity index (χ1v) is 17.4. The first-order valence-electron chi connectivity index (χ1n) is 16.6. The molecule has 0 fully saturated rings. The van der Waals surface area contributed by atoms with Gasteiger partial charge in [0, 0.05) is 36.9 Å². The van der Waals surface area contributed by atoms with E-state index >= 15 is 0 Å². The van der Waals surface area contributed by atoms with E-state index in [0.29, 0.717) is 0 Å². The number of fused-ring (bicyclic) bond motifs is 7. The van der Waals surface area contributed by atoms with E-state index in [1.165, 1.54) is 53.2 Å². The van der Waals surface area contributed by atoms with E-state index in [1.54, 1.807) is 0 Å². The van der Waals surface area contributed by atoms with Gasteiger partial charge < -0.3 is 9.32 Å². The zero-order chi connectivity index (χ0) is 32.3. The highest BCUT2D eigenvalue weighted by Gasteiger charge is 2.20. The average Bonchev–Trinajstić information content (AvgIpc) is 3.74. The molecule has 10 aromatic rings. The molecule has 0 saturated heterocycles. The predicted molar refractivity (Wildman–Crippen MR) is 210 cm³/mol. The summed E-state index contributed by atoms with van der Waals surface area (Å²) in [5.74, 6) is 0. The van der Waals surface area contributed by atoms with E-state index < -0.39 is 0 Å². The normalized spacial score (nSPS) is 11.7. The van der Waals surface area contributed by atoms with E-state index in [2.05, 4.69) is 169 Å². The number of anilines is 3. The average molecular weight is 644 g/mol. The van der Waals surface area contributed by atoms with Gasteiger partial charge in [-0.25, -0.2) is 0 Å². The second kappa shape index (κ2) is 11.2. The molecule has 0 saturated carbocycles. The van der Waals surface area contributed by atoms with Gasteiger partial charge in [-0.1, -0.05) is 115 Å². The van der Waals surface area contributed by atoms with Gasteiger partial charge in [0.05, 0.1) is 11.1 Å². The maximum Gasteiger partial charge on any atom is 0.137 e. The number of furan rings is 1. The number of rotatable bonds is 5. The van der Waals surface area contributed by atoms with Crippen molar-refractivity contribution in [2.45, 2.75) is 0 Å². The van der Waals surface area contributed by atoms with Crippen LogP contribution in [0.15, 0.2) is 180 Å². The molecule has 2 aromatic heterocycles. The van der Waals surface area contributed by atoms with Crippen LogP contribution in [-0.2, 0) is 0 Å². The van der Waals surface area contributed by atoms with Crippen molar-refractivity contribution in [1.82, 2.24) is 0 Å². The lowest BCUT2D eigenvalue weighted by atomic mass is 9.97. The summed E-state index contributed by atoms with van der Waals surface area (Å²) in [6.45, 7) is 0. The Bertz CT molecular complexity index is 2840. The van der Waals surface area contributed by atoms with Gasteiger partial charge in [0.15, 0.2) is 0 Å². The molecule has 0 aliphatic rings. The molecule has 0 bridgehead atoms. The highest BCUT2D eigenvalue weighted by Crippen LogP contribution is 2.45. The largest absolute Gasteiger partial charge is 0.456 e. The lowest BCUT2D eigenvalue weighted by Crippen LogP contribution is -2.10. The van der Waals surface area contributed by atoms with Crippen molar-refractivity contribution >= 4 is 81.3 Å². The maximum atomic E-state index is 6.35. The van der Waals surface area contributed by atoms with E-state index in [9.17, 15) is 0 Å². The highest BCUT2D eigenvalue weighted by atomic mass is 32.1. The minimum atomic E-state index is 0.883. The summed E-state index contributed by atoms with van der Waals surface area (Å²) in [7, 11) is 0. The number of hydrogen-bond acceptors (Lipinski definition) is 3. The molecular formula is C46H29NOS. The monoisotopic (exact) mass is 643 g/mol. The number of benzene rings is 8. The second-order valence-corrected chi connectivity index (χ2v) is 13.6. The van der Waals surface area contributed by atoms with Crippen LogP contribution in [0.3, 0.4) is 0 Å². The van der Waals surface area contributed by atoms with Crippen LogP contribution in [0.2, 0.25) is 0 Å². The molecule has 2 nitrogen and oxygen atoms in total. The first-order chi connectivity index (χ1) is 24.3. The summed E-state index contributed by atoms with van der Waals surface area (Å²) in [4.78, 5) is 2.38. The Kier molecular flexibility index (Phi) is 6.39. The summed E-state index contributed by atoms with van der Waals surface area (Å²) in [6.07, 6.45) is 0. The minimum Gasteiger partial charge on any atom is -0.456 e. The van der Waals surface area contributed by atoms with E-state index in [-0.39, 0.29) is 0 Å². The molecular weight excluding hydrogens is 615 g/mol. The van der Waals surface area contributed by atoms with Crippen LogP contribution in [0.5, 0.6) is 0 Å². The molecule has 0 aliphatic heterocycles. The van der Waals surface area contributed by atoms with Crippen molar-refractivity contribution in [3.8, 4) is 22.3 Å². The van der Waals surface area contributed by atoms with Gasteiger partial charge in [0.1, 0.15) is 11.2 Å².